The summed E-state index contributed by atoms with van der Waals surface area (Å²) in [4.78, 5) is 14.3. The predicted octanol–water partition coefficient (Wildman–Crippen LogP) is 4.61. The molecule has 0 N–H and O–H groups in total. The Bertz CT molecular complexity index is 533. The van der Waals surface area contributed by atoms with Crippen molar-refractivity contribution in [1.82, 2.24) is 4.90 Å². The Hall–Kier alpha value is -0.540. The van der Waals surface area contributed by atoms with E-state index in [9.17, 15) is 4.79 Å². The van der Waals surface area contributed by atoms with Crippen LogP contribution in [0.5, 0.6) is 0 Å². The zero-order valence-electron chi connectivity index (χ0n) is 11.6. The highest BCUT2D eigenvalue weighted by molar-refractivity contribution is 9.10. The van der Waals surface area contributed by atoms with Gasteiger partial charge in [0, 0.05) is 23.6 Å². The monoisotopic (exact) mass is 355 g/mol. The first kappa shape index (κ1) is 14.4. The molecule has 0 aromatic heterocycles. The Balaban J connectivity index is 1.65. The highest BCUT2D eigenvalue weighted by Gasteiger charge is 2.40. The molecule has 0 heterocycles. The van der Waals surface area contributed by atoms with E-state index in [1.807, 2.05) is 18.0 Å². The average molecular weight is 357 g/mol. The van der Waals surface area contributed by atoms with Crippen LogP contribution in [-0.4, -0.2) is 24.4 Å². The van der Waals surface area contributed by atoms with Crippen LogP contribution in [0.25, 0.3) is 0 Å². The van der Waals surface area contributed by atoms with E-state index >= 15 is 0 Å². The lowest BCUT2D eigenvalue weighted by Gasteiger charge is -2.27. The van der Waals surface area contributed by atoms with E-state index in [1.165, 1.54) is 25.7 Å². The molecule has 20 heavy (non-hydrogen) atoms. The molecule has 2 saturated carbocycles. The lowest BCUT2D eigenvalue weighted by atomic mass is 9.88. The van der Waals surface area contributed by atoms with Gasteiger partial charge >= 0.3 is 0 Å². The van der Waals surface area contributed by atoms with Crippen LogP contribution in [0.4, 0.5) is 0 Å². The van der Waals surface area contributed by atoms with Crippen molar-refractivity contribution in [3.63, 3.8) is 0 Å². The molecule has 0 saturated heterocycles. The minimum absolute atomic E-state index is 0.0881. The molecule has 1 aromatic rings. The number of hydrogen-bond acceptors (Lipinski definition) is 1. The molecule has 2 aliphatic rings. The Labute approximate surface area is 133 Å². The molecule has 1 amide bonds. The number of rotatable bonds is 3. The molecule has 2 bridgehead atoms. The van der Waals surface area contributed by atoms with Crippen LogP contribution in [0.3, 0.4) is 0 Å². The van der Waals surface area contributed by atoms with E-state index in [1.54, 1.807) is 12.1 Å². The van der Waals surface area contributed by atoms with Gasteiger partial charge in [-0.25, -0.2) is 0 Å². The summed E-state index contributed by atoms with van der Waals surface area (Å²) in [5.41, 5.74) is 0.701. The zero-order chi connectivity index (χ0) is 14.3. The Morgan fingerprint density at radius 2 is 2.20 bits per heavy atom. The number of hydrogen-bond donors (Lipinski definition) is 0. The number of carbonyl (C=O) groups excluding carboxylic acids is 1. The molecule has 0 aliphatic heterocycles. The van der Waals surface area contributed by atoms with Crippen molar-refractivity contribution >= 4 is 33.4 Å². The summed E-state index contributed by atoms with van der Waals surface area (Å²) >= 11 is 9.35. The summed E-state index contributed by atoms with van der Waals surface area (Å²) in [6, 6.07) is 5.37. The molecule has 2 aliphatic carbocycles. The van der Waals surface area contributed by atoms with Crippen LogP contribution in [0.2, 0.25) is 5.02 Å². The first-order chi connectivity index (χ1) is 9.54. The standard InChI is InChI=1S/C16H19BrClNO/c1-19(9-13-7-10-2-3-11(13)6-10)16(20)12-4-5-15(18)14(17)8-12/h4-5,8,10-11,13H,2-3,6-7,9H2,1H3. The van der Waals surface area contributed by atoms with Crippen molar-refractivity contribution in [2.45, 2.75) is 25.7 Å². The van der Waals surface area contributed by atoms with Gasteiger partial charge in [0.1, 0.15) is 0 Å². The van der Waals surface area contributed by atoms with Crippen LogP contribution in [0, 0.1) is 17.8 Å². The molecule has 108 valence electrons. The van der Waals surface area contributed by atoms with Crippen LogP contribution in [-0.2, 0) is 0 Å². The molecule has 1 aromatic carbocycles. The molecule has 3 atom stereocenters. The molecular weight excluding hydrogens is 338 g/mol. The van der Waals surface area contributed by atoms with Gasteiger partial charge in [-0.15, -0.1) is 0 Å². The zero-order valence-corrected chi connectivity index (χ0v) is 14.0. The Morgan fingerprint density at radius 1 is 1.40 bits per heavy atom. The molecule has 0 spiro atoms. The fourth-order valence-corrected chi connectivity index (χ4v) is 4.38. The topological polar surface area (TPSA) is 20.3 Å². The maximum Gasteiger partial charge on any atom is 0.253 e. The van der Waals surface area contributed by atoms with Gasteiger partial charge in [-0.1, -0.05) is 18.0 Å². The summed E-state index contributed by atoms with van der Waals surface area (Å²) in [6.45, 7) is 0.889. The van der Waals surface area contributed by atoms with Crippen molar-refractivity contribution in [1.29, 1.82) is 0 Å². The van der Waals surface area contributed by atoms with Crippen LogP contribution in [0.15, 0.2) is 22.7 Å². The van der Waals surface area contributed by atoms with Gasteiger partial charge in [0.2, 0.25) is 0 Å². The van der Waals surface area contributed by atoms with Gasteiger partial charge in [0.25, 0.3) is 5.91 Å². The van der Waals surface area contributed by atoms with Crippen molar-refractivity contribution in [2.24, 2.45) is 17.8 Å². The first-order valence-electron chi connectivity index (χ1n) is 7.25. The normalized spacial score (nSPS) is 27.9. The number of halogens is 2. The molecule has 3 rings (SSSR count). The van der Waals surface area contributed by atoms with Gasteiger partial charge in [0.15, 0.2) is 0 Å². The van der Waals surface area contributed by atoms with Gasteiger partial charge in [-0.05, 0) is 71.1 Å². The largest absolute Gasteiger partial charge is 0.341 e. The summed E-state index contributed by atoms with van der Waals surface area (Å²) < 4.78 is 0.776. The fraction of sp³-hybridized carbons (Fsp3) is 0.562. The minimum Gasteiger partial charge on any atom is -0.341 e. The Kier molecular flexibility index (Phi) is 4.09. The second kappa shape index (κ2) is 5.69. The maximum atomic E-state index is 12.5. The molecule has 2 nitrogen and oxygen atoms in total. The van der Waals surface area contributed by atoms with Crippen molar-refractivity contribution in [3.05, 3.63) is 33.3 Å². The van der Waals surface area contributed by atoms with Crippen LogP contribution < -0.4 is 0 Å². The van der Waals surface area contributed by atoms with Gasteiger partial charge in [-0.3, -0.25) is 4.79 Å². The quantitative estimate of drug-likeness (QED) is 0.774. The molecule has 4 heteroatoms. The van der Waals surface area contributed by atoms with Gasteiger partial charge in [0.05, 0.1) is 5.02 Å². The van der Waals surface area contributed by atoms with E-state index < -0.39 is 0 Å². The van der Waals surface area contributed by atoms with E-state index in [-0.39, 0.29) is 5.91 Å². The molecular formula is C16H19BrClNO. The lowest BCUT2D eigenvalue weighted by Crippen LogP contribution is -2.33. The third-order valence-corrected chi connectivity index (χ3v) is 6.12. The second-order valence-corrected chi connectivity index (χ2v) is 7.51. The predicted molar refractivity (Wildman–Crippen MR) is 85.1 cm³/mol. The Morgan fingerprint density at radius 3 is 2.80 bits per heavy atom. The van der Waals surface area contributed by atoms with Gasteiger partial charge in [-0.2, -0.15) is 0 Å². The summed E-state index contributed by atoms with van der Waals surface area (Å²) in [6.07, 6.45) is 5.47. The van der Waals surface area contributed by atoms with E-state index in [2.05, 4.69) is 15.9 Å². The lowest BCUT2D eigenvalue weighted by molar-refractivity contribution is 0.0754. The molecule has 3 unspecified atom stereocenters. The second-order valence-electron chi connectivity index (χ2n) is 6.25. The fourth-order valence-electron chi connectivity index (χ4n) is 3.88. The number of amides is 1. The number of nitrogens with zero attached hydrogens (tertiary/aromatic N) is 1. The summed E-state index contributed by atoms with van der Waals surface area (Å²) in [7, 11) is 1.91. The van der Waals surface area contributed by atoms with Crippen LogP contribution in [0.1, 0.15) is 36.0 Å². The van der Waals surface area contributed by atoms with Crippen LogP contribution >= 0.6 is 27.5 Å². The maximum absolute atomic E-state index is 12.5. The number of benzene rings is 1. The third kappa shape index (κ3) is 2.75. The van der Waals surface area contributed by atoms with E-state index in [4.69, 9.17) is 11.6 Å². The first-order valence-corrected chi connectivity index (χ1v) is 8.42. The van der Waals surface area contributed by atoms with E-state index in [0.29, 0.717) is 16.5 Å². The summed E-state index contributed by atoms with van der Waals surface area (Å²) in [5, 5.41) is 0.636. The molecule has 0 radical (unpaired) electrons. The highest BCUT2D eigenvalue weighted by atomic mass is 79.9. The minimum atomic E-state index is 0.0881. The van der Waals surface area contributed by atoms with Crippen molar-refractivity contribution in [2.75, 3.05) is 13.6 Å². The molecule has 2 fully saturated rings. The smallest absolute Gasteiger partial charge is 0.253 e. The number of fused-ring (bicyclic) bond motifs is 2. The SMILES string of the molecule is CN(CC1CC2CCC1C2)C(=O)c1ccc(Cl)c(Br)c1. The van der Waals surface area contributed by atoms with Crippen molar-refractivity contribution < 1.29 is 4.79 Å². The highest BCUT2D eigenvalue weighted by Crippen LogP contribution is 2.48. The average Bonchev–Trinajstić information content (AvgIpc) is 3.03. The third-order valence-electron chi connectivity index (χ3n) is 4.91. The number of carbonyl (C=O) groups is 1. The van der Waals surface area contributed by atoms with Crippen molar-refractivity contribution in [3.8, 4) is 0 Å². The van der Waals surface area contributed by atoms with Gasteiger partial charge < -0.3 is 4.90 Å². The summed E-state index contributed by atoms with van der Waals surface area (Å²) in [5.74, 6) is 2.58. The van der Waals surface area contributed by atoms with E-state index in [0.717, 1.165) is 22.9 Å².